The van der Waals surface area contributed by atoms with Crippen LogP contribution in [-0.4, -0.2) is 16.0 Å². The van der Waals surface area contributed by atoms with Gasteiger partial charge in [0, 0.05) is 22.8 Å². The Hall–Kier alpha value is -1.87. The summed E-state index contributed by atoms with van der Waals surface area (Å²) in [6, 6.07) is 7.96. The molecule has 23 heavy (non-hydrogen) atoms. The van der Waals surface area contributed by atoms with Crippen LogP contribution in [-0.2, 0) is 0 Å². The number of hydrogen-bond donors (Lipinski definition) is 2. The summed E-state index contributed by atoms with van der Waals surface area (Å²) in [6.07, 6.45) is 0. The van der Waals surface area contributed by atoms with Crippen LogP contribution >= 0.6 is 11.8 Å². The third kappa shape index (κ3) is 3.73. The molecule has 0 fully saturated rings. The molecule has 0 saturated carbocycles. The van der Waals surface area contributed by atoms with Crippen molar-refractivity contribution in [3.05, 3.63) is 69.6 Å². The molecule has 2 aromatic rings. The molecular formula is C20H24O2S. The lowest BCUT2D eigenvalue weighted by atomic mass is 9.87. The maximum Gasteiger partial charge on any atom is 0.122 e. The Morgan fingerprint density at radius 3 is 1.74 bits per heavy atom. The highest BCUT2D eigenvalue weighted by atomic mass is 32.2. The van der Waals surface area contributed by atoms with E-state index in [-0.39, 0.29) is 5.92 Å². The molecule has 2 aromatic carbocycles. The summed E-state index contributed by atoms with van der Waals surface area (Å²) < 4.78 is 0. The molecule has 3 heteroatoms. The zero-order valence-electron chi connectivity index (χ0n) is 14.2. The molecule has 0 spiro atoms. The minimum Gasteiger partial charge on any atom is -0.507 e. The highest BCUT2D eigenvalue weighted by Gasteiger charge is 2.23. The van der Waals surface area contributed by atoms with Gasteiger partial charge in [0.25, 0.3) is 0 Å². The molecule has 2 rings (SSSR count). The van der Waals surface area contributed by atoms with Crippen LogP contribution in [0.1, 0.15) is 39.3 Å². The van der Waals surface area contributed by atoms with E-state index in [1.54, 1.807) is 17.2 Å². The van der Waals surface area contributed by atoms with Crippen molar-refractivity contribution >= 4 is 11.8 Å². The van der Waals surface area contributed by atoms with Gasteiger partial charge in [0.15, 0.2) is 0 Å². The highest BCUT2D eigenvalue weighted by molar-refractivity contribution is 8.02. The van der Waals surface area contributed by atoms with Crippen molar-refractivity contribution in [3.63, 3.8) is 0 Å². The molecule has 0 aromatic heterocycles. The van der Waals surface area contributed by atoms with Crippen molar-refractivity contribution in [2.24, 2.45) is 0 Å². The van der Waals surface area contributed by atoms with E-state index in [1.807, 2.05) is 52.0 Å². The monoisotopic (exact) mass is 328 g/mol. The molecule has 0 saturated heterocycles. The smallest absolute Gasteiger partial charge is 0.122 e. The van der Waals surface area contributed by atoms with Gasteiger partial charge in [-0.2, -0.15) is 0 Å². The molecule has 2 N–H and O–H groups in total. The normalized spacial score (nSPS) is 11.0. The number of aryl methyl sites for hydroxylation is 4. The first-order valence-electron chi connectivity index (χ1n) is 7.67. The van der Waals surface area contributed by atoms with Crippen LogP contribution in [0.2, 0.25) is 0 Å². The van der Waals surface area contributed by atoms with E-state index in [4.69, 9.17) is 0 Å². The summed E-state index contributed by atoms with van der Waals surface area (Å²) in [5, 5.41) is 22.9. The molecule has 0 unspecified atom stereocenters. The average Bonchev–Trinajstić information content (AvgIpc) is 2.48. The highest BCUT2D eigenvalue weighted by Crippen LogP contribution is 2.41. The Morgan fingerprint density at radius 2 is 1.35 bits per heavy atom. The topological polar surface area (TPSA) is 40.5 Å². The Morgan fingerprint density at radius 1 is 0.913 bits per heavy atom. The van der Waals surface area contributed by atoms with Crippen LogP contribution in [0.4, 0.5) is 0 Å². The van der Waals surface area contributed by atoms with Gasteiger partial charge in [-0.15, -0.1) is 11.8 Å². The molecule has 0 aliphatic carbocycles. The van der Waals surface area contributed by atoms with Crippen LogP contribution in [0.25, 0.3) is 0 Å². The molecule has 0 amide bonds. The molecular weight excluding hydrogens is 304 g/mol. The summed E-state index contributed by atoms with van der Waals surface area (Å²) in [4.78, 5) is 0. The third-order valence-corrected chi connectivity index (χ3v) is 4.84. The zero-order valence-corrected chi connectivity index (χ0v) is 15.0. The van der Waals surface area contributed by atoms with E-state index in [0.717, 1.165) is 39.1 Å². The summed E-state index contributed by atoms with van der Waals surface area (Å²) in [5.74, 6) is 1.25. The van der Waals surface area contributed by atoms with Crippen molar-refractivity contribution in [2.45, 2.75) is 33.6 Å². The number of benzene rings is 2. The van der Waals surface area contributed by atoms with Crippen molar-refractivity contribution in [1.29, 1.82) is 0 Å². The van der Waals surface area contributed by atoms with Crippen molar-refractivity contribution < 1.29 is 10.2 Å². The van der Waals surface area contributed by atoms with Gasteiger partial charge in [0.1, 0.15) is 11.5 Å². The maximum atomic E-state index is 10.6. The van der Waals surface area contributed by atoms with Gasteiger partial charge >= 0.3 is 0 Å². The van der Waals surface area contributed by atoms with Gasteiger partial charge < -0.3 is 10.2 Å². The van der Waals surface area contributed by atoms with Gasteiger partial charge in [0.05, 0.1) is 0 Å². The van der Waals surface area contributed by atoms with Crippen molar-refractivity contribution in [1.82, 2.24) is 0 Å². The number of phenols is 2. The van der Waals surface area contributed by atoms with E-state index >= 15 is 0 Å². The van der Waals surface area contributed by atoms with Crippen molar-refractivity contribution in [3.8, 4) is 11.5 Å². The Bertz CT molecular complexity index is 677. The van der Waals surface area contributed by atoms with E-state index < -0.39 is 0 Å². The molecule has 0 radical (unpaired) electrons. The second kappa shape index (κ2) is 7.14. The second-order valence-corrected chi connectivity index (χ2v) is 7.09. The fraction of sp³-hybridized carbons (Fsp3) is 0.300. The number of aromatic hydroxyl groups is 2. The zero-order chi connectivity index (χ0) is 17.1. The molecule has 2 nitrogen and oxygen atoms in total. The van der Waals surface area contributed by atoms with Gasteiger partial charge in [-0.3, -0.25) is 0 Å². The molecule has 0 aliphatic rings. The minimum absolute atomic E-state index is 0.0878. The lowest BCUT2D eigenvalue weighted by Gasteiger charge is -2.22. The molecule has 0 aliphatic heterocycles. The van der Waals surface area contributed by atoms with Crippen LogP contribution in [0.15, 0.2) is 36.3 Å². The SMILES string of the molecule is C=CSCC(c1cc(C)cc(C)c1O)c1cc(C)cc(C)c1O. The average molecular weight is 328 g/mol. The quantitative estimate of drug-likeness (QED) is 0.778. The first kappa shape index (κ1) is 17.5. The molecule has 0 atom stereocenters. The number of phenolic OH excluding ortho intramolecular Hbond substituents is 2. The fourth-order valence-electron chi connectivity index (χ4n) is 3.03. The van der Waals surface area contributed by atoms with E-state index in [9.17, 15) is 10.2 Å². The lowest BCUT2D eigenvalue weighted by Crippen LogP contribution is -2.07. The van der Waals surface area contributed by atoms with Crippen LogP contribution in [0.5, 0.6) is 11.5 Å². The number of rotatable bonds is 5. The van der Waals surface area contributed by atoms with E-state index in [1.165, 1.54) is 0 Å². The van der Waals surface area contributed by atoms with Gasteiger partial charge in [0.2, 0.25) is 0 Å². The van der Waals surface area contributed by atoms with E-state index in [0.29, 0.717) is 11.5 Å². The number of thioether (sulfide) groups is 1. The summed E-state index contributed by atoms with van der Waals surface area (Å²) in [7, 11) is 0. The van der Waals surface area contributed by atoms with Crippen molar-refractivity contribution in [2.75, 3.05) is 5.75 Å². The summed E-state index contributed by atoms with van der Waals surface area (Å²) in [6.45, 7) is 11.6. The summed E-state index contributed by atoms with van der Waals surface area (Å²) in [5.41, 5.74) is 5.64. The van der Waals surface area contributed by atoms with Gasteiger partial charge in [-0.05, 0) is 44.2 Å². The third-order valence-electron chi connectivity index (χ3n) is 4.08. The Kier molecular flexibility index (Phi) is 5.42. The number of hydrogen-bond acceptors (Lipinski definition) is 3. The minimum atomic E-state index is -0.0878. The van der Waals surface area contributed by atoms with Crippen LogP contribution < -0.4 is 0 Å². The van der Waals surface area contributed by atoms with Crippen LogP contribution in [0.3, 0.4) is 0 Å². The standard InChI is InChI=1S/C20H24O2S/c1-6-23-11-18(16-9-12(2)7-14(4)19(16)21)17-10-13(3)8-15(5)20(17)22/h6-10,18,21-22H,1,11H2,2-5H3. The molecule has 0 heterocycles. The van der Waals surface area contributed by atoms with Crippen LogP contribution in [0, 0.1) is 27.7 Å². The molecule has 0 bridgehead atoms. The molecule has 122 valence electrons. The lowest BCUT2D eigenvalue weighted by molar-refractivity contribution is 0.452. The predicted octanol–water partition coefficient (Wildman–Crippen LogP) is 5.34. The fourth-order valence-corrected chi connectivity index (χ4v) is 3.72. The van der Waals surface area contributed by atoms with Gasteiger partial charge in [-0.1, -0.05) is 42.0 Å². The maximum absolute atomic E-state index is 10.6. The Labute approximate surface area is 142 Å². The van der Waals surface area contributed by atoms with E-state index in [2.05, 4.69) is 6.58 Å². The largest absolute Gasteiger partial charge is 0.507 e. The first-order valence-corrected chi connectivity index (χ1v) is 8.72. The second-order valence-electron chi connectivity index (χ2n) is 6.09. The Balaban J connectivity index is 2.66. The first-order chi connectivity index (χ1) is 10.8. The summed E-state index contributed by atoms with van der Waals surface area (Å²) >= 11 is 1.59. The van der Waals surface area contributed by atoms with Gasteiger partial charge in [-0.25, -0.2) is 0 Å². The predicted molar refractivity (Wildman–Crippen MR) is 99.7 cm³/mol.